The first-order valence-electron chi connectivity index (χ1n) is 1.01. The van der Waals surface area contributed by atoms with Crippen LogP contribution in [0, 0.1) is 0 Å². The van der Waals surface area contributed by atoms with Gasteiger partial charge in [-0.1, -0.05) is 0 Å². The molecule has 0 saturated heterocycles. The quantitative estimate of drug-likeness (QED) is 0.395. The number of hydrogen-bond donors (Lipinski definition) is 0. The van der Waals surface area contributed by atoms with E-state index in [1.54, 1.807) is 6.92 Å². The highest BCUT2D eigenvalue weighted by atomic mass is 35.5. The van der Waals surface area contributed by atoms with E-state index >= 15 is 0 Å². The van der Waals surface area contributed by atoms with Crippen LogP contribution in [-0.2, 0) is 0 Å². The molecule has 8 heavy (non-hydrogen) atoms. The Labute approximate surface area is 54.6 Å². The van der Waals surface area contributed by atoms with Crippen LogP contribution >= 0.6 is 23.2 Å². The van der Waals surface area contributed by atoms with E-state index in [9.17, 15) is 0 Å². The first kappa shape index (κ1) is 40.6. The van der Waals surface area contributed by atoms with Gasteiger partial charge in [-0.2, -0.15) is 0 Å². The van der Waals surface area contributed by atoms with Gasteiger partial charge in [0.25, 0.3) is 0 Å². The van der Waals surface area contributed by atoms with Crippen molar-refractivity contribution in [3.63, 3.8) is 0 Å². The molecule has 0 spiro atoms. The lowest BCUT2D eigenvalue weighted by atomic mass is 11.0. The molecule has 0 unspecified atom stereocenters. The van der Waals surface area contributed by atoms with Gasteiger partial charge < -0.3 is 0 Å². The Morgan fingerprint density at radius 1 is 0.875 bits per heavy atom. The molecule has 0 atom stereocenters. The first-order chi connectivity index (χ1) is 1.73. The Morgan fingerprint density at radius 3 is 0.875 bits per heavy atom. The fraction of sp³-hybridized carbons (Fsp3) is 1.00. The molecule has 0 aliphatic rings. The summed E-state index contributed by atoms with van der Waals surface area (Å²) in [5.41, 5.74) is 0. The molecule has 0 aromatic carbocycles. The molecule has 0 heterocycles. The highest BCUT2D eigenvalue weighted by Crippen LogP contribution is 1.95. The summed E-state index contributed by atoms with van der Waals surface area (Å²) < 4.78 is 0. The van der Waals surface area contributed by atoms with Crippen LogP contribution in [-0.4, -0.2) is 4.84 Å². The summed E-state index contributed by atoms with van der Waals surface area (Å²) in [6.45, 7) is 1.70. The topological polar surface area (TPSA) is 0 Å². The van der Waals surface area contributed by atoms with Gasteiger partial charge in [-0.05, 0) is 6.92 Å². The molecule has 0 amide bonds. The number of halogens is 6. The molecule has 0 N–H and O–H groups in total. The minimum Gasteiger partial charge on any atom is -0.269 e. The normalized spacial score (nSPS) is 4.50. The van der Waals surface area contributed by atoms with E-state index in [1.807, 2.05) is 0 Å². The van der Waals surface area contributed by atoms with Crippen LogP contribution in [0.3, 0.4) is 0 Å². The molecule has 6 heteroatoms. The Hall–Kier alpha value is 0.300. The largest absolute Gasteiger partial charge is 0.269 e. The molecule has 0 saturated carbocycles. The predicted octanol–water partition coefficient (Wildman–Crippen LogP) is 2.42. The van der Waals surface area contributed by atoms with E-state index in [4.69, 9.17) is 23.2 Å². The monoisotopic (exact) mass is 178 g/mol. The van der Waals surface area contributed by atoms with Crippen molar-refractivity contribution < 1.29 is 18.8 Å². The molecule has 0 nitrogen and oxygen atoms in total. The van der Waals surface area contributed by atoms with Crippen LogP contribution in [0.25, 0.3) is 0 Å². The molecule has 0 rings (SSSR count). The van der Waals surface area contributed by atoms with E-state index in [-0.39, 0.29) is 23.7 Å². The molecule has 58 valence electrons. The van der Waals surface area contributed by atoms with Gasteiger partial charge in [0, 0.05) is 0 Å². The maximum absolute atomic E-state index is 5.04. The second-order valence-electron chi connectivity index (χ2n) is 0.519. The highest BCUT2D eigenvalue weighted by molar-refractivity contribution is 6.43. The Morgan fingerprint density at radius 2 is 0.875 bits per heavy atom. The van der Waals surface area contributed by atoms with Crippen molar-refractivity contribution in [2.45, 2.75) is 11.8 Å². The number of hydrogen-bond acceptors (Lipinski definition) is 0. The van der Waals surface area contributed by atoms with Crippen molar-refractivity contribution in [1.82, 2.24) is 0 Å². The molecule has 0 fully saturated rings. The predicted molar refractivity (Wildman–Crippen MR) is 31.2 cm³/mol. The fourth-order valence-electron chi connectivity index (χ4n) is 0. The van der Waals surface area contributed by atoms with Crippen molar-refractivity contribution in [3.05, 3.63) is 0 Å². The molecule has 0 aromatic heterocycles. The summed E-state index contributed by atoms with van der Waals surface area (Å²) in [5, 5.41) is 0. The van der Waals surface area contributed by atoms with Gasteiger partial charge >= 0.3 is 0 Å². The Kier molecular flexibility index (Phi) is 135. The zero-order valence-electron chi connectivity index (χ0n) is 3.97. The molecule has 0 aliphatic carbocycles. The summed E-state index contributed by atoms with van der Waals surface area (Å²) in [6.07, 6.45) is 0. The summed E-state index contributed by atoms with van der Waals surface area (Å²) in [5.74, 6) is 0. The standard InChI is InChI=1S/C2H4Cl2.4FH/c1-2(3)4;;;;/h2H,1H3;4*1H. The van der Waals surface area contributed by atoms with Crippen LogP contribution < -0.4 is 0 Å². The molecule has 0 bridgehead atoms. The maximum Gasteiger partial charge on any atom is 0.105 e. The van der Waals surface area contributed by atoms with Gasteiger partial charge in [-0.15, -0.1) is 23.2 Å². The molecular weight excluding hydrogens is 171 g/mol. The molecule has 0 aromatic rings. The summed E-state index contributed by atoms with van der Waals surface area (Å²) in [7, 11) is 0. The van der Waals surface area contributed by atoms with Gasteiger partial charge in [-0.25, -0.2) is 0 Å². The van der Waals surface area contributed by atoms with Crippen LogP contribution in [0.5, 0.6) is 0 Å². The average molecular weight is 179 g/mol. The smallest absolute Gasteiger partial charge is 0.105 e. The summed E-state index contributed by atoms with van der Waals surface area (Å²) in [6, 6.07) is 0. The molecular formula is C2H8Cl2F4. The van der Waals surface area contributed by atoms with Crippen molar-refractivity contribution in [2.24, 2.45) is 0 Å². The molecule has 0 aliphatic heterocycles. The van der Waals surface area contributed by atoms with Gasteiger partial charge in [0.1, 0.15) is 4.84 Å². The Balaban J connectivity index is -0.00000000750. The second kappa shape index (κ2) is 26.6. The van der Waals surface area contributed by atoms with E-state index in [0.717, 1.165) is 0 Å². The van der Waals surface area contributed by atoms with Crippen LogP contribution in [0.2, 0.25) is 0 Å². The summed E-state index contributed by atoms with van der Waals surface area (Å²) in [4.78, 5) is -0.222. The van der Waals surface area contributed by atoms with Crippen molar-refractivity contribution in [2.75, 3.05) is 0 Å². The minimum absolute atomic E-state index is 0. The summed E-state index contributed by atoms with van der Waals surface area (Å²) >= 11 is 10.1. The lowest BCUT2D eigenvalue weighted by molar-refractivity contribution is 1.11. The van der Waals surface area contributed by atoms with Gasteiger partial charge in [0.05, 0.1) is 0 Å². The first-order valence-corrected chi connectivity index (χ1v) is 1.89. The average Bonchev–Trinajstić information content (AvgIpc) is 0.811. The van der Waals surface area contributed by atoms with Crippen LogP contribution in [0.15, 0.2) is 0 Å². The lowest BCUT2D eigenvalue weighted by Gasteiger charge is -1.72. The lowest BCUT2D eigenvalue weighted by Crippen LogP contribution is -1.63. The fourth-order valence-corrected chi connectivity index (χ4v) is 0. The third-order valence-corrected chi connectivity index (χ3v) is 0. The van der Waals surface area contributed by atoms with Crippen molar-refractivity contribution in [3.8, 4) is 0 Å². The van der Waals surface area contributed by atoms with Gasteiger partial charge in [0.2, 0.25) is 0 Å². The minimum atomic E-state index is -0.222. The number of rotatable bonds is 0. The van der Waals surface area contributed by atoms with E-state index in [0.29, 0.717) is 0 Å². The third kappa shape index (κ3) is 1970. The maximum atomic E-state index is 5.04. The third-order valence-electron chi connectivity index (χ3n) is 0. The SMILES string of the molecule is CC(Cl)Cl.F.F.F.F. The van der Waals surface area contributed by atoms with Gasteiger partial charge in [0.15, 0.2) is 0 Å². The Bertz CT molecular complexity index is 16.8. The van der Waals surface area contributed by atoms with Crippen LogP contribution in [0.1, 0.15) is 6.92 Å². The zero-order valence-corrected chi connectivity index (χ0v) is 5.48. The second-order valence-corrected chi connectivity index (χ2v) is 2.05. The van der Waals surface area contributed by atoms with Gasteiger partial charge in [-0.3, -0.25) is 18.8 Å². The zero-order chi connectivity index (χ0) is 3.58. The van der Waals surface area contributed by atoms with E-state index in [2.05, 4.69) is 0 Å². The molecule has 0 radical (unpaired) electrons. The van der Waals surface area contributed by atoms with E-state index in [1.165, 1.54) is 0 Å². The van der Waals surface area contributed by atoms with Crippen LogP contribution in [0.4, 0.5) is 18.8 Å². The van der Waals surface area contributed by atoms with Crippen molar-refractivity contribution in [1.29, 1.82) is 0 Å². The highest BCUT2D eigenvalue weighted by Gasteiger charge is 1.75. The number of alkyl halides is 2. The van der Waals surface area contributed by atoms with E-state index < -0.39 is 0 Å². The van der Waals surface area contributed by atoms with Crippen molar-refractivity contribution >= 4 is 23.2 Å².